The van der Waals surface area contributed by atoms with Crippen LogP contribution in [0, 0.1) is 0 Å². The molecule has 0 unspecified atom stereocenters. The number of halogens is 2. The van der Waals surface area contributed by atoms with Crippen molar-refractivity contribution in [2.24, 2.45) is 0 Å². The van der Waals surface area contributed by atoms with Gasteiger partial charge in [-0.2, -0.15) is 0 Å². The summed E-state index contributed by atoms with van der Waals surface area (Å²) in [6.07, 6.45) is 0. The molecule has 7 heteroatoms. The predicted molar refractivity (Wildman–Crippen MR) is 91.6 cm³/mol. The summed E-state index contributed by atoms with van der Waals surface area (Å²) in [5, 5.41) is 3.31. The molecule has 2 rings (SSSR count). The van der Waals surface area contributed by atoms with Crippen molar-refractivity contribution >= 4 is 35.1 Å². The van der Waals surface area contributed by atoms with Gasteiger partial charge in [-0.15, -0.1) is 0 Å². The van der Waals surface area contributed by atoms with Crippen LogP contribution < -0.4 is 10.1 Å². The van der Waals surface area contributed by atoms with Gasteiger partial charge in [-0.25, -0.2) is 0 Å². The first kappa shape index (κ1) is 18.1. The number of carbonyl (C=O) groups is 2. The summed E-state index contributed by atoms with van der Waals surface area (Å²) in [4.78, 5) is 23.7. The van der Waals surface area contributed by atoms with Gasteiger partial charge >= 0.3 is 5.97 Å². The topological polar surface area (TPSA) is 64.6 Å². The molecule has 0 saturated carbocycles. The number of benzene rings is 2. The second-order valence-electron chi connectivity index (χ2n) is 4.77. The molecule has 0 atom stereocenters. The van der Waals surface area contributed by atoms with E-state index in [1.807, 2.05) is 0 Å². The molecule has 5 nitrogen and oxygen atoms in total. The minimum absolute atomic E-state index is 0.0598. The molecule has 0 aliphatic carbocycles. The molecule has 0 aliphatic rings. The maximum Gasteiger partial charge on any atom is 0.325 e. The molecule has 0 radical (unpaired) electrons. The number of esters is 1. The molecule has 24 heavy (non-hydrogen) atoms. The van der Waals surface area contributed by atoms with Crippen molar-refractivity contribution in [1.29, 1.82) is 0 Å². The predicted octanol–water partition coefficient (Wildman–Crippen LogP) is 3.48. The first-order chi connectivity index (χ1) is 11.5. The molecule has 0 aliphatic heterocycles. The molecule has 0 heterocycles. The average Bonchev–Trinajstić information content (AvgIpc) is 2.59. The zero-order chi connectivity index (χ0) is 17.5. The summed E-state index contributed by atoms with van der Waals surface area (Å²) >= 11 is 12.0. The average molecular weight is 368 g/mol. The summed E-state index contributed by atoms with van der Waals surface area (Å²) in [6, 6.07) is 11.5. The standard InChI is InChI=1S/C17H15Cl2NO4/c1-23-12-7-5-11(6-8-12)17(22)20-9-16(21)24-10-13-14(18)3-2-4-15(13)19/h2-8H,9-10H2,1H3,(H,20,22). The largest absolute Gasteiger partial charge is 0.497 e. The molecule has 0 aromatic heterocycles. The molecule has 126 valence electrons. The Labute approximate surface area is 149 Å². The summed E-state index contributed by atoms with van der Waals surface area (Å²) in [6.45, 7) is -0.317. The second kappa shape index (κ2) is 8.57. The van der Waals surface area contributed by atoms with Gasteiger partial charge in [-0.05, 0) is 36.4 Å². The fourth-order valence-corrected chi connectivity index (χ4v) is 2.38. The van der Waals surface area contributed by atoms with Crippen LogP contribution in [-0.4, -0.2) is 25.5 Å². The molecule has 2 aromatic rings. The van der Waals surface area contributed by atoms with Gasteiger partial charge in [0.25, 0.3) is 5.91 Å². The highest BCUT2D eigenvalue weighted by Crippen LogP contribution is 2.24. The first-order valence-corrected chi connectivity index (χ1v) is 7.77. The number of rotatable bonds is 6. The fraction of sp³-hybridized carbons (Fsp3) is 0.176. The summed E-state index contributed by atoms with van der Waals surface area (Å²) in [7, 11) is 1.54. The third-order valence-electron chi connectivity index (χ3n) is 3.18. The lowest BCUT2D eigenvalue weighted by Crippen LogP contribution is -2.30. The van der Waals surface area contributed by atoms with E-state index in [0.717, 1.165) is 0 Å². The van der Waals surface area contributed by atoms with Crippen molar-refractivity contribution in [3.8, 4) is 5.75 Å². The van der Waals surface area contributed by atoms with E-state index in [1.54, 1.807) is 42.5 Å². The van der Waals surface area contributed by atoms with E-state index >= 15 is 0 Å². The van der Waals surface area contributed by atoms with Gasteiger partial charge < -0.3 is 14.8 Å². The number of methoxy groups -OCH3 is 1. The summed E-state index contributed by atoms with van der Waals surface area (Å²) in [5.41, 5.74) is 0.938. The fourth-order valence-electron chi connectivity index (χ4n) is 1.87. The highest BCUT2D eigenvalue weighted by atomic mass is 35.5. The van der Waals surface area contributed by atoms with Gasteiger partial charge in [-0.3, -0.25) is 9.59 Å². The van der Waals surface area contributed by atoms with E-state index in [0.29, 0.717) is 26.9 Å². The van der Waals surface area contributed by atoms with Gasteiger partial charge in [0.15, 0.2) is 0 Å². The van der Waals surface area contributed by atoms with Crippen molar-refractivity contribution in [3.05, 3.63) is 63.6 Å². The lowest BCUT2D eigenvalue weighted by Gasteiger charge is -2.09. The number of hydrogen-bond acceptors (Lipinski definition) is 4. The molecule has 1 amide bonds. The molecular weight excluding hydrogens is 353 g/mol. The van der Waals surface area contributed by atoms with Crippen molar-refractivity contribution in [1.82, 2.24) is 5.32 Å². The van der Waals surface area contributed by atoms with Crippen LogP contribution in [0.3, 0.4) is 0 Å². The van der Waals surface area contributed by atoms with Crippen LogP contribution in [0.1, 0.15) is 15.9 Å². The lowest BCUT2D eigenvalue weighted by atomic mass is 10.2. The number of ether oxygens (including phenoxy) is 2. The van der Waals surface area contributed by atoms with Crippen LogP contribution in [0.4, 0.5) is 0 Å². The molecule has 2 aromatic carbocycles. The minimum Gasteiger partial charge on any atom is -0.497 e. The quantitative estimate of drug-likeness (QED) is 0.793. The van der Waals surface area contributed by atoms with E-state index in [9.17, 15) is 9.59 Å². The van der Waals surface area contributed by atoms with Crippen molar-refractivity contribution in [2.45, 2.75) is 6.61 Å². The molecule has 0 saturated heterocycles. The summed E-state index contributed by atoms with van der Waals surface area (Å²) < 4.78 is 10.1. The maximum absolute atomic E-state index is 11.9. The van der Waals surface area contributed by atoms with Gasteiger partial charge in [0.05, 0.1) is 7.11 Å². The molecule has 0 bridgehead atoms. The lowest BCUT2D eigenvalue weighted by molar-refractivity contribution is -0.143. The van der Waals surface area contributed by atoms with Crippen LogP contribution in [0.15, 0.2) is 42.5 Å². The van der Waals surface area contributed by atoms with Gasteiger partial charge in [0, 0.05) is 21.2 Å². The Morgan fingerprint density at radius 2 is 1.67 bits per heavy atom. The van der Waals surface area contributed by atoms with Crippen LogP contribution in [0.2, 0.25) is 10.0 Å². The van der Waals surface area contributed by atoms with E-state index in [-0.39, 0.29) is 19.1 Å². The van der Waals surface area contributed by atoms with Crippen LogP contribution in [-0.2, 0) is 16.1 Å². The monoisotopic (exact) mass is 367 g/mol. The maximum atomic E-state index is 11.9. The number of nitrogens with one attached hydrogen (secondary N) is 1. The Bertz CT molecular complexity index is 712. The second-order valence-corrected chi connectivity index (χ2v) is 5.59. The third-order valence-corrected chi connectivity index (χ3v) is 3.89. The smallest absolute Gasteiger partial charge is 0.325 e. The zero-order valence-electron chi connectivity index (χ0n) is 12.8. The highest BCUT2D eigenvalue weighted by Gasteiger charge is 2.11. The normalized spacial score (nSPS) is 10.1. The molecule has 1 N–H and O–H groups in total. The van der Waals surface area contributed by atoms with Gasteiger partial charge in [0.1, 0.15) is 18.9 Å². The van der Waals surface area contributed by atoms with Crippen molar-refractivity contribution < 1.29 is 19.1 Å². The van der Waals surface area contributed by atoms with Crippen molar-refractivity contribution in [3.63, 3.8) is 0 Å². The summed E-state index contributed by atoms with van der Waals surface area (Å²) in [5.74, 6) is -0.333. The third kappa shape index (κ3) is 4.88. The van der Waals surface area contributed by atoms with Crippen LogP contribution >= 0.6 is 23.2 Å². The number of hydrogen-bond donors (Lipinski definition) is 1. The van der Waals surface area contributed by atoms with Crippen molar-refractivity contribution in [2.75, 3.05) is 13.7 Å². The number of amides is 1. The first-order valence-electron chi connectivity index (χ1n) is 7.02. The van der Waals surface area contributed by atoms with Crippen LogP contribution in [0.5, 0.6) is 5.75 Å². The molecular formula is C17H15Cl2NO4. The van der Waals surface area contributed by atoms with E-state index in [4.69, 9.17) is 32.7 Å². The Balaban J connectivity index is 1.83. The Morgan fingerprint density at radius 1 is 1.04 bits per heavy atom. The molecule has 0 spiro atoms. The van der Waals surface area contributed by atoms with Crippen LogP contribution in [0.25, 0.3) is 0 Å². The van der Waals surface area contributed by atoms with E-state index in [1.165, 1.54) is 7.11 Å². The molecule has 0 fully saturated rings. The van der Waals surface area contributed by atoms with E-state index in [2.05, 4.69) is 5.32 Å². The highest BCUT2D eigenvalue weighted by molar-refractivity contribution is 6.35. The number of carbonyl (C=O) groups excluding carboxylic acids is 2. The van der Waals surface area contributed by atoms with E-state index < -0.39 is 5.97 Å². The van der Waals surface area contributed by atoms with Gasteiger partial charge in [0.2, 0.25) is 0 Å². The Hall–Kier alpha value is -2.24. The minimum atomic E-state index is -0.590. The zero-order valence-corrected chi connectivity index (χ0v) is 14.4. The Kier molecular flexibility index (Phi) is 6.46. The van der Waals surface area contributed by atoms with Gasteiger partial charge in [-0.1, -0.05) is 29.3 Å². The SMILES string of the molecule is COc1ccc(C(=O)NCC(=O)OCc2c(Cl)cccc2Cl)cc1. The Morgan fingerprint density at radius 3 is 2.25 bits per heavy atom.